The number of rotatable bonds is 3. The Morgan fingerprint density at radius 1 is 1.04 bits per heavy atom. The second kappa shape index (κ2) is 5.57. The number of benzene rings is 2. The SMILES string of the molecule is COc1ccc(-c2oc3cc(OC)cc(O)c3c(=O)c2[O-])cc1. The molecule has 0 unspecified atom stereocenters. The van der Waals surface area contributed by atoms with Crippen LogP contribution in [0.5, 0.6) is 23.0 Å². The van der Waals surface area contributed by atoms with Crippen molar-refractivity contribution in [1.82, 2.24) is 0 Å². The first-order valence-corrected chi connectivity index (χ1v) is 6.74. The molecule has 0 radical (unpaired) electrons. The zero-order valence-electron chi connectivity index (χ0n) is 12.5. The van der Waals surface area contributed by atoms with Crippen LogP contribution in [-0.2, 0) is 0 Å². The number of hydrogen-bond acceptors (Lipinski definition) is 6. The summed E-state index contributed by atoms with van der Waals surface area (Å²) in [6.07, 6.45) is 0. The van der Waals surface area contributed by atoms with E-state index in [1.54, 1.807) is 24.3 Å². The number of phenols is 1. The molecule has 0 aliphatic rings. The maximum absolute atomic E-state index is 12.3. The van der Waals surface area contributed by atoms with Gasteiger partial charge >= 0.3 is 0 Å². The van der Waals surface area contributed by atoms with Crippen molar-refractivity contribution in [3.05, 3.63) is 46.6 Å². The summed E-state index contributed by atoms with van der Waals surface area (Å²) in [5.41, 5.74) is -0.299. The predicted molar refractivity (Wildman–Crippen MR) is 82.1 cm³/mol. The molecule has 1 heterocycles. The third-order valence-electron chi connectivity index (χ3n) is 3.49. The van der Waals surface area contributed by atoms with Gasteiger partial charge in [0, 0.05) is 17.7 Å². The van der Waals surface area contributed by atoms with Crippen LogP contribution in [-0.4, -0.2) is 19.3 Å². The Balaban J connectivity index is 2.28. The largest absolute Gasteiger partial charge is 0.867 e. The molecule has 1 N–H and O–H groups in total. The zero-order chi connectivity index (χ0) is 16.6. The van der Waals surface area contributed by atoms with E-state index in [0.717, 1.165) is 0 Å². The van der Waals surface area contributed by atoms with E-state index in [2.05, 4.69) is 0 Å². The van der Waals surface area contributed by atoms with Crippen LogP contribution in [0, 0.1) is 0 Å². The lowest BCUT2D eigenvalue weighted by Crippen LogP contribution is -2.11. The highest BCUT2D eigenvalue weighted by molar-refractivity contribution is 5.88. The lowest BCUT2D eigenvalue weighted by atomic mass is 10.1. The highest BCUT2D eigenvalue weighted by Gasteiger charge is 2.14. The Labute approximate surface area is 131 Å². The van der Waals surface area contributed by atoms with Crippen molar-refractivity contribution in [2.75, 3.05) is 14.2 Å². The molecule has 1 aromatic heterocycles. The van der Waals surface area contributed by atoms with E-state index in [-0.39, 0.29) is 22.5 Å². The lowest BCUT2D eigenvalue weighted by molar-refractivity contribution is -0.270. The molecule has 3 rings (SSSR count). The van der Waals surface area contributed by atoms with E-state index >= 15 is 0 Å². The van der Waals surface area contributed by atoms with Crippen LogP contribution in [0.1, 0.15) is 0 Å². The maximum Gasteiger partial charge on any atom is 0.189 e. The van der Waals surface area contributed by atoms with Gasteiger partial charge in [-0.05, 0) is 30.0 Å². The van der Waals surface area contributed by atoms with Crippen molar-refractivity contribution in [2.45, 2.75) is 0 Å². The van der Waals surface area contributed by atoms with Gasteiger partial charge in [0.2, 0.25) is 0 Å². The second-order valence-electron chi connectivity index (χ2n) is 4.84. The van der Waals surface area contributed by atoms with Crippen LogP contribution >= 0.6 is 0 Å². The van der Waals surface area contributed by atoms with E-state index in [1.165, 1.54) is 26.4 Å². The van der Waals surface area contributed by atoms with Crippen LogP contribution in [0.3, 0.4) is 0 Å². The third-order valence-corrected chi connectivity index (χ3v) is 3.49. The molecule has 0 fully saturated rings. The minimum absolute atomic E-state index is 0.0808. The first-order chi connectivity index (χ1) is 11.0. The van der Waals surface area contributed by atoms with Crippen molar-refractivity contribution in [2.24, 2.45) is 0 Å². The fraction of sp³-hybridized carbons (Fsp3) is 0.118. The van der Waals surface area contributed by atoms with E-state index in [0.29, 0.717) is 17.1 Å². The summed E-state index contributed by atoms with van der Waals surface area (Å²) in [6, 6.07) is 9.24. The number of methoxy groups -OCH3 is 2. The summed E-state index contributed by atoms with van der Waals surface area (Å²) in [5, 5.41) is 22.0. The van der Waals surface area contributed by atoms with Gasteiger partial charge in [-0.25, -0.2) is 0 Å². The number of hydrogen-bond donors (Lipinski definition) is 1. The number of fused-ring (bicyclic) bond motifs is 1. The standard InChI is InChI=1S/C17H14O6/c1-21-10-5-3-9(4-6-10)17-16(20)15(19)14-12(18)7-11(22-2)8-13(14)23-17/h3-8,18,20H,1-2H3/p-1. The fourth-order valence-corrected chi connectivity index (χ4v) is 2.31. The number of phenolic OH excluding ortho intramolecular Hbond substituents is 1. The molecule has 0 saturated carbocycles. The Hall–Kier alpha value is -3.15. The van der Waals surface area contributed by atoms with Gasteiger partial charge in [-0.3, -0.25) is 4.79 Å². The smallest absolute Gasteiger partial charge is 0.189 e. The quantitative estimate of drug-likeness (QED) is 0.797. The predicted octanol–water partition coefficient (Wildman–Crippen LogP) is 2.26. The summed E-state index contributed by atoms with van der Waals surface area (Å²) < 4.78 is 15.7. The Morgan fingerprint density at radius 2 is 1.70 bits per heavy atom. The first kappa shape index (κ1) is 14.8. The lowest BCUT2D eigenvalue weighted by Gasteiger charge is -2.14. The topological polar surface area (TPSA) is 92.0 Å². The van der Waals surface area contributed by atoms with E-state index in [9.17, 15) is 15.0 Å². The van der Waals surface area contributed by atoms with Crippen LogP contribution in [0.4, 0.5) is 0 Å². The second-order valence-corrected chi connectivity index (χ2v) is 4.84. The van der Waals surface area contributed by atoms with Crippen molar-refractivity contribution < 1.29 is 24.1 Å². The van der Waals surface area contributed by atoms with Crippen LogP contribution in [0.15, 0.2) is 45.6 Å². The fourth-order valence-electron chi connectivity index (χ4n) is 2.31. The summed E-state index contributed by atoms with van der Waals surface area (Å²) in [5.74, 6) is -0.339. The monoisotopic (exact) mass is 313 g/mol. The average Bonchev–Trinajstić information content (AvgIpc) is 2.57. The zero-order valence-corrected chi connectivity index (χ0v) is 12.5. The van der Waals surface area contributed by atoms with Crippen molar-refractivity contribution in [1.29, 1.82) is 0 Å². The molecule has 6 nitrogen and oxygen atoms in total. The third kappa shape index (κ3) is 2.44. The first-order valence-electron chi connectivity index (χ1n) is 6.74. The van der Waals surface area contributed by atoms with Crippen molar-refractivity contribution in [3.8, 4) is 34.3 Å². The highest BCUT2D eigenvalue weighted by Crippen LogP contribution is 2.34. The molecule has 2 aromatic carbocycles. The Morgan fingerprint density at radius 3 is 2.30 bits per heavy atom. The Bertz CT molecular complexity index is 924. The Kier molecular flexibility index (Phi) is 3.57. The molecule has 23 heavy (non-hydrogen) atoms. The minimum Gasteiger partial charge on any atom is -0.867 e. The summed E-state index contributed by atoms with van der Waals surface area (Å²) >= 11 is 0. The summed E-state index contributed by atoms with van der Waals surface area (Å²) in [7, 11) is 2.95. The molecule has 0 aliphatic heterocycles. The average molecular weight is 313 g/mol. The molecule has 0 amide bonds. The normalized spacial score (nSPS) is 10.7. The summed E-state index contributed by atoms with van der Waals surface area (Å²) in [6.45, 7) is 0. The number of aromatic hydroxyl groups is 1. The van der Waals surface area contributed by atoms with Gasteiger partial charge in [-0.2, -0.15) is 0 Å². The molecule has 0 bridgehead atoms. The van der Waals surface area contributed by atoms with E-state index in [4.69, 9.17) is 13.9 Å². The molecular weight excluding hydrogens is 300 g/mol. The van der Waals surface area contributed by atoms with Crippen molar-refractivity contribution in [3.63, 3.8) is 0 Å². The van der Waals surface area contributed by atoms with E-state index < -0.39 is 11.2 Å². The van der Waals surface area contributed by atoms with Crippen LogP contribution < -0.4 is 20.0 Å². The molecule has 3 aromatic rings. The van der Waals surface area contributed by atoms with Gasteiger partial charge in [0.05, 0.1) is 14.2 Å². The van der Waals surface area contributed by atoms with Crippen molar-refractivity contribution >= 4 is 11.0 Å². The molecule has 0 saturated heterocycles. The maximum atomic E-state index is 12.3. The summed E-state index contributed by atoms with van der Waals surface area (Å²) in [4.78, 5) is 12.3. The molecule has 118 valence electrons. The molecule has 0 aliphatic carbocycles. The minimum atomic E-state index is -0.822. The molecular formula is C17H13O6-. The molecule has 0 spiro atoms. The van der Waals surface area contributed by atoms with Gasteiger partial charge in [0.1, 0.15) is 34.0 Å². The van der Waals surface area contributed by atoms with Crippen LogP contribution in [0.2, 0.25) is 0 Å². The van der Waals surface area contributed by atoms with Crippen LogP contribution in [0.25, 0.3) is 22.3 Å². The number of ether oxygens (including phenoxy) is 2. The van der Waals surface area contributed by atoms with Gasteiger partial charge in [0.25, 0.3) is 0 Å². The van der Waals surface area contributed by atoms with Gasteiger partial charge in [-0.15, -0.1) is 0 Å². The molecule has 6 heteroatoms. The van der Waals surface area contributed by atoms with E-state index in [1.807, 2.05) is 0 Å². The highest BCUT2D eigenvalue weighted by atomic mass is 16.5. The van der Waals surface area contributed by atoms with Gasteiger partial charge in [0.15, 0.2) is 5.43 Å². The van der Waals surface area contributed by atoms with Gasteiger partial charge < -0.3 is 24.1 Å². The molecule has 0 atom stereocenters. The van der Waals surface area contributed by atoms with Gasteiger partial charge in [-0.1, -0.05) is 0 Å².